The molecule has 4 rings (SSSR count). The second kappa shape index (κ2) is 6.24. The van der Waals surface area contributed by atoms with Gasteiger partial charge >= 0.3 is 0 Å². The van der Waals surface area contributed by atoms with Crippen LogP contribution in [0, 0.1) is 0 Å². The van der Waals surface area contributed by atoms with E-state index in [1.807, 2.05) is 18.5 Å². The van der Waals surface area contributed by atoms with E-state index in [9.17, 15) is 0 Å². The van der Waals surface area contributed by atoms with E-state index in [0.717, 1.165) is 42.4 Å². The maximum atomic E-state index is 6.63. The highest BCUT2D eigenvalue weighted by Crippen LogP contribution is 2.37. The Morgan fingerprint density at radius 2 is 2.26 bits per heavy atom. The highest BCUT2D eigenvalue weighted by Gasteiger charge is 2.27. The van der Waals surface area contributed by atoms with E-state index in [4.69, 9.17) is 11.6 Å². The van der Waals surface area contributed by atoms with Gasteiger partial charge < -0.3 is 9.88 Å². The van der Waals surface area contributed by atoms with Crippen LogP contribution in [0.4, 0.5) is 0 Å². The topological polar surface area (TPSA) is 33.1 Å². The standard InChI is InChI=1S/C17H19ClN4S/c1-21-8-7-20-17(21)13-10-19-6-9-22(13)11-15-16(18)12-4-2-3-5-14(12)23-15/h2-5,7-8,13,19H,6,9-11H2,1H3. The van der Waals surface area contributed by atoms with E-state index in [1.54, 1.807) is 11.3 Å². The fraction of sp³-hybridized carbons (Fsp3) is 0.353. The summed E-state index contributed by atoms with van der Waals surface area (Å²) in [7, 11) is 2.06. The Balaban J connectivity index is 1.65. The molecule has 1 N–H and O–H groups in total. The van der Waals surface area contributed by atoms with Crippen molar-refractivity contribution < 1.29 is 0 Å². The molecule has 1 fully saturated rings. The van der Waals surface area contributed by atoms with Crippen molar-refractivity contribution in [3.63, 3.8) is 0 Å². The van der Waals surface area contributed by atoms with Gasteiger partial charge in [0.1, 0.15) is 5.82 Å². The van der Waals surface area contributed by atoms with Gasteiger partial charge in [0.15, 0.2) is 0 Å². The number of piperazine rings is 1. The highest BCUT2D eigenvalue weighted by atomic mass is 35.5. The minimum absolute atomic E-state index is 0.282. The van der Waals surface area contributed by atoms with E-state index >= 15 is 0 Å². The fourth-order valence-corrected chi connectivity index (χ4v) is 4.76. The smallest absolute Gasteiger partial charge is 0.127 e. The van der Waals surface area contributed by atoms with Crippen molar-refractivity contribution in [1.82, 2.24) is 19.8 Å². The minimum atomic E-state index is 0.282. The Bertz CT molecular complexity index is 825. The predicted octanol–water partition coefficient (Wildman–Crippen LogP) is 3.43. The van der Waals surface area contributed by atoms with Gasteiger partial charge in [0.2, 0.25) is 0 Å². The molecule has 1 aliphatic heterocycles. The molecule has 1 atom stereocenters. The summed E-state index contributed by atoms with van der Waals surface area (Å²) in [5.74, 6) is 1.11. The largest absolute Gasteiger partial charge is 0.337 e. The summed E-state index contributed by atoms with van der Waals surface area (Å²) in [4.78, 5) is 8.27. The van der Waals surface area contributed by atoms with Crippen LogP contribution in [0.3, 0.4) is 0 Å². The third kappa shape index (κ3) is 2.78. The summed E-state index contributed by atoms with van der Waals surface area (Å²) in [6.45, 7) is 3.80. The fourth-order valence-electron chi connectivity index (χ4n) is 3.24. The summed E-state index contributed by atoms with van der Waals surface area (Å²) < 4.78 is 3.37. The van der Waals surface area contributed by atoms with Gasteiger partial charge in [-0.05, 0) is 6.07 Å². The third-order valence-corrected chi connectivity index (χ3v) is 6.16. The van der Waals surface area contributed by atoms with Crippen LogP contribution in [0.5, 0.6) is 0 Å². The molecule has 0 aliphatic carbocycles. The van der Waals surface area contributed by atoms with Crippen molar-refractivity contribution in [2.24, 2.45) is 7.05 Å². The Hall–Kier alpha value is -1.40. The van der Waals surface area contributed by atoms with E-state index in [1.165, 1.54) is 9.58 Å². The molecule has 4 nitrogen and oxygen atoms in total. The molecule has 0 bridgehead atoms. The number of nitrogens with one attached hydrogen (secondary N) is 1. The summed E-state index contributed by atoms with van der Waals surface area (Å²) in [6.07, 6.45) is 3.88. The number of thiophene rings is 1. The zero-order valence-corrected chi connectivity index (χ0v) is 14.6. The molecule has 2 aromatic heterocycles. The highest BCUT2D eigenvalue weighted by molar-refractivity contribution is 7.19. The molecule has 0 radical (unpaired) electrons. The Labute approximate surface area is 144 Å². The Morgan fingerprint density at radius 3 is 3.04 bits per heavy atom. The second-order valence-corrected chi connectivity index (χ2v) is 7.44. The number of hydrogen-bond acceptors (Lipinski definition) is 4. The van der Waals surface area contributed by atoms with Crippen LogP contribution in [-0.4, -0.2) is 34.1 Å². The van der Waals surface area contributed by atoms with Gasteiger partial charge in [0, 0.05) is 60.6 Å². The van der Waals surface area contributed by atoms with Crippen LogP contribution < -0.4 is 5.32 Å². The van der Waals surface area contributed by atoms with Crippen molar-refractivity contribution in [3.8, 4) is 0 Å². The van der Waals surface area contributed by atoms with E-state index in [-0.39, 0.29) is 6.04 Å². The molecule has 3 aromatic rings. The number of aryl methyl sites for hydroxylation is 1. The third-order valence-electron chi connectivity index (χ3n) is 4.46. The summed E-state index contributed by atoms with van der Waals surface area (Å²) in [5, 5.41) is 5.55. The molecule has 3 heterocycles. The van der Waals surface area contributed by atoms with Gasteiger partial charge in [-0.15, -0.1) is 11.3 Å². The number of nitrogens with zero attached hydrogens (tertiary/aromatic N) is 3. The van der Waals surface area contributed by atoms with Gasteiger partial charge in [-0.1, -0.05) is 29.8 Å². The molecule has 0 amide bonds. The van der Waals surface area contributed by atoms with Crippen LogP contribution in [0.25, 0.3) is 10.1 Å². The van der Waals surface area contributed by atoms with E-state index in [2.05, 4.69) is 45.0 Å². The maximum absolute atomic E-state index is 6.63. The average molecular weight is 347 g/mol. The van der Waals surface area contributed by atoms with E-state index in [0.29, 0.717) is 0 Å². The molecule has 1 unspecified atom stereocenters. The lowest BCUT2D eigenvalue weighted by atomic mass is 10.1. The first-order chi connectivity index (χ1) is 11.2. The molecular formula is C17H19ClN4S. The zero-order valence-electron chi connectivity index (χ0n) is 13.0. The number of benzene rings is 1. The molecule has 0 spiro atoms. The number of fused-ring (bicyclic) bond motifs is 1. The van der Waals surface area contributed by atoms with Crippen molar-refractivity contribution >= 4 is 33.0 Å². The van der Waals surface area contributed by atoms with Gasteiger partial charge in [-0.25, -0.2) is 4.98 Å². The zero-order chi connectivity index (χ0) is 15.8. The van der Waals surface area contributed by atoms with Crippen molar-refractivity contribution in [2.75, 3.05) is 19.6 Å². The van der Waals surface area contributed by atoms with Gasteiger partial charge in [0.25, 0.3) is 0 Å². The minimum Gasteiger partial charge on any atom is -0.337 e. The lowest BCUT2D eigenvalue weighted by molar-refractivity contribution is 0.146. The van der Waals surface area contributed by atoms with Crippen LogP contribution in [0.2, 0.25) is 5.02 Å². The first kappa shape index (κ1) is 15.1. The van der Waals surface area contributed by atoms with Crippen molar-refractivity contribution in [2.45, 2.75) is 12.6 Å². The Kier molecular flexibility index (Phi) is 4.11. The van der Waals surface area contributed by atoms with Crippen molar-refractivity contribution in [3.05, 3.63) is 52.4 Å². The molecule has 23 heavy (non-hydrogen) atoms. The molecule has 6 heteroatoms. The van der Waals surface area contributed by atoms with Crippen molar-refractivity contribution in [1.29, 1.82) is 0 Å². The van der Waals surface area contributed by atoms with E-state index < -0.39 is 0 Å². The van der Waals surface area contributed by atoms with Crippen LogP contribution in [0.15, 0.2) is 36.7 Å². The first-order valence-corrected chi connectivity index (χ1v) is 9.01. The number of aromatic nitrogens is 2. The maximum Gasteiger partial charge on any atom is 0.127 e. The quantitative estimate of drug-likeness (QED) is 0.788. The molecule has 1 aromatic carbocycles. The normalized spacial score (nSPS) is 19.5. The average Bonchev–Trinajstić information content (AvgIpc) is 3.13. The number of hydrogen-bond donors (Lipinski definition) is 1. The first-order valence-electron chi connectivity index (χ1n) is 7.82. The summed E-state index contributed by atoms with van der Waals surface area (Å²) in [5.41, 5.74) is 0. The van der Waals surface area contributed by atoms with Crippen LogP contribution in [0.1, 0.15) is 16.7 Å². The summed E-state index contributed by atoms with van der Waals surface area (Å²) in [6, 6.07) is 8.65. The van der Waals surface area contributed by atoms with Gasteiger partial charge in [-0.2, -0.15) is 0 Å². The number of rotatable bonds is 3. The summed E-state index contributed by atoms with van der Waals surface area (Å²) >= 11 is 8.43. The predicted molar refractivity (Wildman–Crippen MR) is 96.1 cm³/mol. The lowest BCUT2D eigenvalue weighted by Gasteiger charge is -2.35. The molecule has 0 saturated carbocycles. The van der Waals surface area contributed by atoms with Crippen LogP contribution >= 0.6 is 22.9 Å². The molecule has 1 aliphatic rings. The van der Waals surface area contributed by atoms with Gasteiger partial charge in [0.05, 0.1) is 11.1 Å². The SMILES string of the molecule is Cn1ccnc1C1CNCCN1Cc1sc2ccccc2c1Cl. The van der Waals surface area contributed by atoms with Crippen LogP contribution in [-0.2, 0) is 13.6 Å². The second-order valence-electron chi connectivity index (χ2n) is 5.92. The Morgan fingerprint density at radius 1 is 1.39 bits per heavy atom. The molecule has 1 saturated heterocycles. The molecular weight excluding hydrogens is 328 g/mol. The molecule has 120 valence electrons. The monoisotopic (exact) mass is 346 g/mol. The van der Waals surface area contributed by atoms with Gasteiger partial charge in [-0.3, -0.25) is 4.90 Å². The number of halogens is 1. The lowest BCUT2D eigenvalue weighted by Crippen LogP contribution is -2.46. The number of imidazole rings is 1.